The van der Waals surface area contributed by atoms with Gasteiger partial charge in [0.2, 0.25) is 5.91 Å². The number of carbonyl (C=O) groups excluding carboxylic acids is 1. The molecule has 1 saturated carbocycles. The molecule has 1 amide bonds. The van der Waals surface area contributed by atoms with Gasteiger partial charge in [-0.1, -0.05) is 12.1 Å². The standard InChI is InChI=1S/C21H23N3O2/c1-2-26-19-7-3-6-18-21(19)16(13-23-18)11-20(25)24(17-8-9-17)14-15-5-4-10-22-12-15/h3-7,10,12-13,17,23H,2,8-9,11,14H2,1H3. The second-order valence-electron chi connectivity index (χ2n) is 6.72. The molecule has 1 aliphatic carbocycles. The minimum Gasteiger partial charge on any atom is -0.493 e. The van der Waals surface area contributed by atoms with Crippen LogP contribution in [0.5, 0.6) is 5.75 Å². The number of carbonyl (C=O) groups is 1. The number of aromatic amines is 1. The van der Waals surface area contributed by atoms with Crippen molar-refractivity contribution in [2.45, 2.75) is 38.8 Å². The van der Waals surface area contributed by atoms with Crippen molar-refractivity contribution in [2.24, 2.45) is 0 Å². The predicted molar refractivity (Wildman–Crippen MR) is 101 cm³/mol. The highest BCUT2D eigenvalue weighted by Gasteiger charge is 2.32. The number of hydrogen-bond donors (Lipinski definition) is 1. The van der Waals surface area contributed by atoms with E-state index in [0.717, 1.165) is 40.6 Å². The number of nitrogens with one attached hydrogen (secondary N) is 1. The Balaban J connectivity index is 1.57. The van der Waals surface area contributed by atoms with Gasteiger partial charge >= 0.3 is 0 Å². The molecule has 4 rings (SSSR count). The molecule has 134 valence electrons. The summed E-state index contributed by atoms with van der Waals surface area (Å²) in [6.07, 6.45) is 8.07. The van der Waals surface area contributed by atoms with E-state index in [9.17, 15) is 4.79 Å². The number of amides is 1. The van der Waals surface area contributed by atoms with E-state index in [2.05, 4.69) is 9.97 Å². The van der Waals surface area contributed by atoms with Crippen molar-refractivity contribution in [2.75, 3.05) is 6.61 Å². The van der Waals surface area contributed by atoms with Crippen LogP contribution >= 0.6 is 0 Å². The van der Waals surface area contributed by atoms with E-state index in [4.69, 9.17) is 4.74 Å². The Morgan fingerprint density at radius 1 is 1.31 bits per heavy atom. The van der Waals surface area contributed by atoms with Crippen molar-refractivity contribution in [3.05, 3.63) is 60.0 Å². The van der Waals surface area contributed by atoms with Crippen LogP contribution in [0, 0.1) is 0 Å². The maximum Gasteiger partial charge on any atom is 0.227 e. The molecule has 1 fully saturated rings. The van der Waals surface area contributed by atoms with Crippen molar-refractivity contribution in [1.82, 2.24) is 14.9 Å². The number of fused-ring (bicyclic) bond motifs is 1. The van der Waals surface area contributed by atoms with Gasteiger partial charge in [0.1, 0.15) is 5.75 Å². The number of ether oxygens (including phenoxy) is 1. The van der Waals surface area contributed by atoms with E-state index in [1.165, 1.54) is 0 Å². The Labute approximate surface area is 153 Å². The lowest BCUT2D eigenvalue weighted by Gasteiger charge is -2.22. The van der Waals surface area contributed by atoms with Crippen LogP contribution in [-0.2, 0) is 17.8 Å². The van der Waals surface area contributed by atoms with Crippen LogP contribution in [0.3, 0.4) is 0 Å². The van der Waals surface area contributed by atoms with Crippen LogP contribution in [0.25, 0.3) is 10.9 Å². The normalized spacial score (nSPS) is 13.7. The number of hydrogen-bond acceptors (Lipinski definition) is 3. The van der Waals surface area contributed by atoms with E-state index >= 15 is 0 Å². The highest BCUT2D eigenvalue weighted by atomic mass is 16.5. The van der Waals surface area contributed by atoms with Gasteiger partial charge in [-0.05, 0) is 49.1 Å². The molecule has 0 spiro atoms. The van der Waals surface area contributed by atoms with Crippen LogP contribution in [0.1, 0.15) is 30.9 Å². The number of rotatable bonds is 7. The van der Waals surface area contributed by atoms with Crippen molar-refractivity contribution in [3.63, 3.8) is 0 Å². The maximum absolute atomic E-state index is 13.1. The van der Waals surface area contributed by atoms with Gasteiger partial charge in [-0.3, -0.25) is 9.78 Å². The molecule has 5 nitrogen and oxygen atoms in total. The molecular weight excluding hydrogens is 326 g/mol. The van der Waals surface area contributed by atoms with Crippen molar-refractivity contribution < 1.29 is 9.53 Å². The zero-order valence-corrected chi connectivity index (χ0v) is 14.9. The van der Waals surface area contributed by atoms with E-state index in [0.29, 0.717) is 25.6 Å². The largest absolute Gasteiger partial charge is 0.493 e. The van der Waals surface area contributed by atoms with Crippen LogP contribution < -0.4 is 4.74 Å². The summed E-state index contributed by atoms with van der Waals surface area (Å²) in [5.74, 6) is 0.989. The molecule has 2 heterocycles. The molecule has 0 radical (unpaired) electrons. The second-order valence-corrected chi connectivity index (χ2v) is 6.72. The van der Waals surface area contributed by atoms with E-state index in [1.54, 1.807) is 6.20 Å². The average Bonchev–Trinajstić information content (AvgIpc) is 3.42. The molecule has 0 atom stereocenters. The molecule has 0 saturated heterocycles. The third-order valence-corrected chi connectivity index (χ3v) is 4.77. The lowest BCUT2D eigenvalue weighted by molar-refractivity contribution is -0.131. The third-order valence-electron chi connectivity index (χ3n) is 4.77. The number of pyridine rings is 1. The molecule has 1 aliphatic rings. The minimum absolute atomic E-state index is 0.156. The molecule has 0 unspecified atom stereocenters. The van der Waals surface area contributed by atoms with Gasteiger partial charge in [-0.2, -0.15) is 0 Å². The fourth-order valence-corrected chi connectivity index (χ4v) is 3.39. The SMILES string of the molecule is CCOc1cccc2[nH]cc(CC(=O)N(Cc3cccnc3)C3CC3)c12. The Bertz CT molecular complexity index is 900. The highest BCUT2D eigenvalue weighted by Crippen LogP contribution is 2.32. The number of aromatic nitrogens is 2. The van der Waals surface area contributed by atoms with Crippen LogP contribution in [0.15, 0.2) is 48.9 Å². The molecular formula is C21H23N3O2. The summed E-state index contributed by atoms with van der Waals surface area (Å²) in [6.45, 7) is 3.20. The summed E-state index contributed by atoms with van der Waals surface area (Å²) in [6, 6.07) is 10.2. The number of benzene rings is 1. The van der Waals surface area contributed by atoms with Crippen LogP contribution in [-0.4, -0.2) is 33.4 Å². The van der Waals surface area contributed by atoms with Gasteiger partial charge in [0, 0.05) is 42.1 Å². The summed E-state index contributed by atoms with van der Waals surface area (Å²) in [5, 5.41) is 1.01. The zero-order valence-electron chi connectivity index (χ0n) is 14.9. The zero-order chi connectivity index (χ0) is 17.9. The molecule has 5 heteroatoms. The summed E-state index contributed by atoms with van der Waals surface area (Å²) in [5.41, 5.74) is 3.07. The highest BCUT2D eigenvalue weighted by molar-refractivity contribution is 5.93. The van der Waals surface area contributed by atoms with E-state index in [-0.39, 0.29) is 5.91 Å². The van der Waals surface area contributed by atoms with Gasteiger partial charge in [0.25, 0.3) is 0 Å². The first kappa shape index (κ1) is 16.6. The minimum atomic E-state index is 0.156. The second kappa shape index (κ2) is 7.20. The lowest BCUT2D eigenvalue weighted by Crippen LogP contribution is -2.33. The van der Waals surface area contributed by atoms with Crippen LogP contribution in [0.4, 0.5) is 0 Å². The summed E-state index contributed by atoms with van der Waals surface area (Å²) < 4.78 is 5.76. The molecule has 1 N–H and O–H groups in total. The van der Waals surface area contributed by atoms with Gasteiger partial charge < -0.3 is 14.6 Å². The number of nitrogens with zero attached hydrogens (tertiary/aromatic N) is 2. The van der Waals surface area contributed by atoms with Gasteiger partial charge in [0.15, 0.2) is 0 Å². The summed E-state index contributed by atoms with van der Waals surface area (Å²) >= 11 is 0. The Morgan fingerprint density at radius 2 is 2.19 bits per heavy atom. The monoisotopic (exact) mass is 349 g/mol. The molecule has 0 aliphatic heterocycles. The molecule has 2 aromatic heterocycles. The third kappa shape index (κ3) is 3.43. The van der Waals surface area contributed by atoms with Crippen molar-refractivity contribution >= 4 is 16.8 Å². The van der Waals surface area contributed by atoms with Crippen molar-refractivity contribution in [1.29, 1.82) is 0 Å². The van der Waals surface area contributed by atoms with Crippen molar-refractivity contribution in [3.8, 4) is 5.75 Å². The van der Waals surface area contributed by atoms with E-state index < -0.39 is 0 Å². The molecule has 26 heavy (non-hydrogen) atoms. The molecule has 0 bridgehead atoms. The average molecular weight is 349 g/mol. The van der Waals surface area contributed by atoms with Gasteiger partial charge in [-0.25, -0.2) is 0 Å². The first-order valence-corrected chi connectivity index (χ1v) is 9.16. The first-order valence-electron chi connectivity index (χ1n) is 9.16. The maximum atomic E-state index is 13.1. The number of H-pyrrole nitrogens is 1. The van der Waals surface area contributed by atoms with Gasteiger partial charge in [-0.15, -0.1) is 0 Å². The Kier molecular flexibility index (Phi) is 4.61. The Morgan fingerprint density at radius 3 is 2.92 bits per heavy atom. The molecule has 3 aromatic rings. The van der Waals surface area contributed by atoms with E-state index in [1.807, 2.05) is 54.5 Å². The van der Waals surface area contributed by atoms with Crippen LogP contribution in [0.2, 0.25) is 0 Å². The summed E-state index contributed by atoms with van der Waals surface area (Å²) in [7, 11) is 0. The quantitative estimate of drug-likeness (QED) is 0.708. The smallest absolute Gasteiger partial charge is 0.227 e. The lowest BCUT2D eigenvalue weighted by atomic mass is 10.1. The fraction of sp³-hybridized carbons (Fsp3) is 0.333. The van der Waals surface area contributed by atoms with Gasteiger partial charge in [0.05, 0.1) is 13.0 Å². The first-order chi connectivity index (χ1) is 12.8. The Hall–Kier alpha value is -2.82. The topological polar surface area (TPSA) is 58.2 Å². The fourth-order valence-electron chi connectivity index (χ4n) is 3.39. The predicted octanol–water partition coefficient (Wildman–Crippen LogP) is 3.70. The summed E-state index contributed by atoms with van der Waals surface area (Å²) in [4.78, 5) is 22.5. The molecule has 1 aromatic carbocycles.